The second kappa shape index (κ2) is 6.51. The van der Waals surface area contributed by atoms with E-state index in [0.717, 1.165) is 28.8 Å². The number of halogens is 1. The molecule has 0 atom stereocenters. The van der Waals surface area contributed by atoms with E-state index in [-0.39, 0.29) is 5.56 Å². The Hall–Kier alpha value is -1.50. The third kappa shape index (κ3) is 3.58. The number of hydrogen-bond donors (Lipinski definition) is 0. The van der Waals surface area contributed by atoms with Crippen LogP contribution in [0.5, 0.6) is 0 Å². The Kier molecular flexibility index (Phi) is 4.48. The first-order valence-corrected chi connectivity index (χ1v) is 7.66. The van der Waals surface area contributed by atoms with Gasteiger partial charge in [0.2, 0.25) is 0 Å². The van der Waals surface area contributed by atoms with Gasteiger partial charge in [0.05, 0.1) is 25.6 Å². The van der Waals surface area contributed by atoms with Gasteiger partial charge in [-0.3, -0.25) is 9.69 Å². The summed E-state index contributed by atoms with van der Waals surface area (Å²) in [5.74, 6) is 0. The number of ether oxygens (including phenoxy) is 1. The minimum Gasteiger partial charge on any atom is -0.379 e. The lowest BCUT2D eigenvalue weighted by molar-refractivity contribution is 0.0205. The summed E-state index contributed by atoms with van der Waals surface area (Å²) in [6.45, 7) is 3.58. The van der Waals surface area contributed by atoms with Crippen LogP contribution in [0.1, 0.15) is 0 Å². The smallest absolute Gasteiger partial charge is 0.268 e. The molecule has 0 spiro atoms. The minimum atomic E-state index is -0.0831. The average molecular weight is 350 g/mol. The summed E-state index contributed by atoms with van der Waals surface area (Å²) < 4.78 is 7.83. The van der Waals surface area contributed by atoms with Gasteiger partial charge in [-0.05, 0) is 18.2 Å². The highest BCUT2D eigenvalue weighted by Crippen LogP contribution is 2.20. The van der Waals surface area contributed by atoms with Gasteiger partial charge in [-0.1, -0.05) is 28.1 Å². The number of nitrogens with zero attached hydrogens (tertiary/aromatic N) is 3. The van der Waals surface area contributed by atoms with Crippen molar-refractivity contribution >= 4 is 15.9 Å². The van der Waals surface area contributed by atoms with Crippen molar-refractivity contribution in [1.82, 2.24) is 14.7 Å². The highest BCUT2D eigenvalue weighted by Gasteiger charge is 2.12. The van der Waals surface area contributed by atoms with Crippen molar-refractivity contribution in [2.45, 2.75) is 6.67 Å². The van der Waals surface area contributed by atoms with Gasteiger partial charge < -0.3 is 4.74 Å². The van der Waals surface area contributed by atoms with Crippen LogP contribution in [-0.4, -0.2) is 41.0 Å². The van der Waals surface area contributed by atoms with Gasteiger partial charge in [-0.15, -0.1) is 0 Å². The van der Waals surface area contributed by atoms with Crippen molar-refractivity contribution in [3.63, 3.8) is 0 Å². The van der Waals surface area contributed by atoms with E-state index < -0.39 is 0 Å². The van der Waals surface area contributed by atoms with Crippen molar-refractivity contribution in [3.8, 4) is 11.3 Å². The molecule has 1 saturated heterocycles. The van der Waals surface area contributed by atoms with E-state index in [1.54, 1.807) is 12.1 Å². The minimum absolute atomic E-state index is 0.0831. The summed E-state index contributed by atoms with van der Waals surface area (Å²) >= 11 is 3.45. The zero-order valence-corrected chi connectivity index (χ0v) is 13.1. The van der Waals surface area contributed by atoms with E-state index in [1.807, 2.05) is 24.3 Å². The number of benzene rings is 1. The molecule has 110 valence electrons. The summed E-state index contributed by atoms with van der Waals surface area (Å²) in [6.07, 6.45) is 0. The second-order valence-electron chi connectivity index (χ2n) is 4.94. The Morgan fingerprint density at radius 3 is 2.76 bits per heavy atom. The number of hydrogen-bond acceptors (Lipinski definition) is 4. The van der Waals surface area contributed by atoms with Crippen LogP contribution in [0, 0.1) is 0 Å². The van der Waals surface area contributed by atoms with Crippen LogP contribution in [-0.2, 0) is 11.4 Å². The quantitative estimate of drug-likeness (QED) is 0.849. The van der Waals surface area contributed by atoms with Crippen LogP contribution in [0.2, 0.25) is 0 Å². The highest BCUT2D eigenvalue weighted by atomic mass is 79.9. The molecule has 0 amide bonds. The molecule has 5 nitrogen and oxygen atoms in total. The van der Waals surface area contributed by atoms with Gasteiger partial charge >= 0.3 is 0 Å². The molecule has 21 heavy (non-hydrogen) atoms. The molecule has 1 aliphatic rings. The highest BCUT2D eigenvalue weighted by molar-refractivity contribution is 9.10. The second-order valence-corrected chi connectivity index (χ2v) is 5.85. The van der Waals surface area contributed by atoms with Gasteiger partial charge in [0, 0.05) is 29.2 Å². The third-order valence-corrected chi connectivity index (χ3v) is 3.92. The zero-order valence-electron chi connectivity index (χ0n) is 11.5. The molecular weight excluding hydrogens is 334 g/mol. The maximum Gasteiger partial charge on any atom is 0.268 e. The molecule has 0 saturated carbocycles. The lowest BCUT2D eigenvalue weighted by atomic mass is 10.1. The van der Waals surface area contributed by atoms with Crippen LogP contribution < -0.4 is 5.56 Å². The summed E-state index contributed by atoms with van der Waals surface area (Å²) in [6, 6.07) is 11.2. The largest absolute Gasteiger partial charge is 0.379 e. The van der Waals surface area contributed by atoms with E-state index in [0.29, 0.717) is 19.9 Å². The first-order valence-electron chi connectivity index (χ1n) is 6.86. The van der Waals surface area contributed by atoms with Crippen LogP contribution in [0.15, 0.2) is 45.7 Å². The van der Waals surface area contributed by atoms with Gasteiger partial charge in [-0.25, -0.2) is 4.68 Å². The molecule has 1 aromatic heterocycles. The SMILES string of the molecule is O=c1ccc(-c2cccc(Br)c2)nn1CN1CCOCC1. The molecule has 0 unspecified atom stereocenters. The average Bonchev–Trinajstić information content (AvgIpc) is 2.50. The summed E-state index contributed by atoms with van der Waals surface area (Å²) in [5, 5.41) is 4.48. The number of rotatable bonds is 3. The molecule has 1 aromatic carbocycles. The van der Waals surface area contributed by atoms with Gasteiger partial charge in [-0.2, -0.15) is 5.10 Å². The van der Waals surface area contributed by atoms with E-state index in [2.05, 4.69) is 25.9 Å². The molecule has 3 rings (SSSR count). The lowest BCUT2D eigenvalue weighted by Gasteiger charge is -2.26. The fourth-order valence-electron chi connectivity index (χ4n) is 2.28. The Morgan fingerprint density at radius 1 is 1.19 bits per heavy atom. The van der Waals surface area contributed by atoms with E-state index in [1.165, 1.54) is 4.68 Å². The van der Waals surface area contributed by atoms with Crippen molar-refractivity contribution in [3.05, 3.63) is 51.2 Å². The molecule has 6 heteroatoms. The molecule has 2 heterocycles. The maximum atomic E-state index is 12.0. The predicted octanol–water partition coefficient (Wildman–Crippen LogP) is 1.96. The molecule has 1 aliphatic heterocycles. The summed E-state index contributed by atoms with van der Waals surface area (Å²) in [7, 11) is 0. The van der Waals surface area contributed by atoms with E-state index in [4.69, 9.17) is 4.74 Å². The normalized spacial score (nSPS) is 16.0. The fourth-order valence-corrected chi connectivity index (χ4v) is 2.68. The van der Waals surface area contributed by atoms with Gasteiger partial charge in [0.15, 0.2) is 0 Å². The number of aromatic nitrogens is 2. The van der Waals surface area contributed by atoms with Gasteiger partial charge in [0.25, 0.3) is 5.56 Å². The predicted molar refractivity (Wildman–Crippen MR) is 84.0 cm³/mol. The molecule has 0 radical (unpaired) electrons. The monoisotopic (exact) mass is 349 g/mol. The Balaban J connectivity index is 1.87. The van der Waals surface area contributed by atoms with Crippen molar-refractivity contribution in [2.24, 2.45) is 0 Å². The third-order valence-electron chi connectivity index (χ3n) is 3.42. The molecule has 1 fully saturated rings. The molecule has 2 aromatic rings. The van der Waals surface area contributed by atoms with Crippen LogP contribution >= 0.6 is 15.9 Å². The fraction of sp³-hybridized carbons (Fsp3) is 0.333. The molecule has 0 bridgehead atoms. The maximum absolute atomic E-state index is 12.0. The summed E-state index contributed by atoms with van der Waals surface area (Å²) in [4.78, 5) is 14.1. The molecule has 0 N–H and O–H groups in total. The topological polar surface area (TPSA) is 47.4 Å². The van der Waals surface area contributed by atoms with Crippen LogP contribution in [0.3, 0.4) is 0 Å². The van der Waals surface area contributed by atoms with E-state index >= 15 is 0 Å². The zero-order chi connectivity index (χ0) is 14.7. The first kappa shape index (κ1) is 14.4. The van der Waals surface area contributed by atoms with Crippen LogP contribution in [0.4, 0.5) is 0 Å². The van der Waals surface area contributed by atoms with Crippen LogP contribution in [0.25, 0.3) is 11.3 Å². The van der Waals surface area contributed by atoms with E-state index in [9.17, 15) is 4.79 Å². The number of morpholine rings is 1. The van der Waals surface area contributed by atoms with Crippen molar-refractivity contribution in [1.29, 1.82) is 0 Å². The van der Waals surface area contributed by atoms with Gasteiger partial charge in [0.1, 0.15) is 0 Å². The molecular formula is C15H16BrN3O2. The molecule has 0 aliphatic carbocycles. The Morgan fingerprint density at radius 2 is 2.00 bits per heavy atom. The first-order chi connectivity index (χ1) is 10.2. The van der Waals surface area contributed by atoms with Crippen molar-refractivity contribution < 1.29 is 4.74 Å². The lowest BCUT2D eigenvalue weighted by Crippen LogP contribution is -2.40. The Labute approximate surface area is 131 Å². The van der Waals surface area contributed by atoms with Crippen molar-refractivity contribution in [2.75, 3.05) is 26.3 Å². The summed E-state index contributed by atoms with van der Waals surface area (Å²) in [5.41, 5.74) is 1.70. The Bertz CT molecular complexity index is 681. The standard InChI is InChI=1S/C15H16BrN3O2/c16-13-3-1-2-12(10-13)14-4-5-15(20)19(17-14)11-18-6-8-21-9-7-18/h1-5,10H,6-9,11H2.